The van der Waals surface area contributed by atoms with Crippen molar-refractivity contribution in [3.8, 4) is 11.6 Å². The Balaban J connectivity index is 2.31. The summed E-state index contributed by atoms with van der Waals surface area (Å²) in [5.74, 6) is 1.52. The van der Waals surface area contributed by atoms with Crippen LogP contribution in [0.5, 0.6) is 0 Å². The van der Waals surface area contributed by atoms with Gasteiger partial charge in [-0.3, -0.25) is 4.57 Å². The summed E-state index contributed by atoms with van der Waals surface area (Å²) in [6.45, 7) is 0. The van der Waals surface area contributed by atoms with Crippen molar-refractivity contribution in [2.45, 2.75) is 5.85 Å². The average Bonchev–Trinajstić information content (AvgIpc) is 2.53. The molecular weight excluding hydrogens is 351 g/mol. The Bertz CT molecular complexity index is 702. The van der Waals surface area contributed by atoms with Gasteiger partial charge in [-0.1, -0.05) is 52.2 Å². The first-order valence-electron chi connectivity index (χ1n) is 6.22. The van der Waals surface area contributed by atoms with Crippen LogP contribution in [0.15, 0.2) is 59.1 Å². The SMILES string of the molecule is CO[P@@](=O)(C#Cc1ccccc1)C(O)c1ccc(Br)cc1. The molecule has 21 heavy (non-hydrogen) atoms. The fourth-order valence-corrected chi connectivity index (χ4v) is 3.23. The highest BCUT2D eigenvalue weighted by Gasteiger charge is 2.31. The first kappa shape index (κ1) is 16.0. The number of aliphatic hydroxyl groups is 1. The molecule has 0 radical (unpaired) electrons. The Labute approximate surface area is 132 Å². The van der Waals surface area contributed by atoms with Crippen molar-refractivity contribution in [2.24, 2.45) is 0 Å². The molecule has 3 nitrogen and oxygen atoms in total. The van der Waals surface area contributed by atoms with Crippen LogP contribution in [0, 0.1) is 11.6 Å². The number of halogens is 1. The predicted octanol–water partition coefficient (Wildman–Crippen LogP) is 4.37. The second kappa shape index (κ2) is 7.06. The molecule has 1 N–H and O–H groups in total. The Kier molecular flexibility index (Phi) is 5.39. The van der Waals surface area contributed by atoms with Crippen LogP contribution in [-0.2, 0) is 9.09 Å². The van der Waals surface area contributed by atoms with Crippen molar-refractivity contribution in [3.05, 3.63) is 70.2 Å². The number of benzene rings is 2. The van der Waals surface area contributed by atoms with E-state index < -0.39 is 13.2 Å². The molecule has 2 aromatic carbocycles. The third-order valence-electron chi connectivity index (χ3n) is 2.89. The summed E-state index contributed by atoms with van der Waals surface area (Å²) < 4.78 is 18.6. The van der Waals surface area contributed by atoms with Crippen molar-refractivity contribution in [2.75, 3.05) is 7.11 Å². The molecule has 0 bridgehead atoms. The Morgan fingerprint density at radius 1 is 1.14 bits per heavy atom. The maximum Gasteiger partial charge on any atom is 0.305 e. The summed E-state index contributed by atoms with van der Waals surface area (Å²) in [7, 11) is -2.22. The molecule has 0 amide bonds. The average molecular weight is 365 g/mol. The zero-order valence-electron chi connectivity index (χ0n) is 11.4. The zero-order valence-corrected chi connectivity index (χ0v) is 13.8. The maximum absolute atomic E-state index is 12.7. The molecule has 0 fully saturated rings. The first-order chi connectivity index (χ1) is 10.0. The van der Waals surface area contributed by atoms with Gasteiger partial charge in [0.05, 0.1) is 0 Å². The van der Waals surface area contributed by atoms with Crippen LogP contribution >= 0.6 is 23.3 Å². The lowest BCUT2D eigenvalue weighted by Crippen LogP contribution is -1.99. The second-order valence-corrected chi connectivity index (χ2v) is 7.50. The summed E-state index contributed by atoms with van der Waals surface area (Å²) in [6, 6.07) is 16.1. The summed E-state index contributed by atoms with van der Waals surface area (Å²) in [5.41, 5.74) is 3.82. The first-order valence-corrected chi connectivity index (χ1v) is 8.71. The molecule has 0 saturated carbocycles. The lowest BCUT2D eigenvalue weighted by Gasteiger charge is -2.17. The van der Waals surface area contributed by atoms with Crippen LogP contribution in [0.2, 0.25) is 0 Å². The van der Waals surface area contributed by atoms with E-state index in [1.54, 1.807) is 36.4 Å². The smallest absolute Gasteiger partial charge is 0.305 e. The fraction of sp³-hybridized carbons (Fsp3) is 0.125. The largest absolute Gasteiger partial charge is 0.377 e. The van der Waals surface area contributed by atoms with E-state index in [1.807, 2.05) is 18.2 Å². The molecule has 0 aliphatic carbocycles. The van der Waals surface area contributed by atoms with Gasteiger partial charge in [0.25, 0.3) is 0 Å². The third-order valence-corrected chi connectivity index (χ3v) is 5.33. The summed E-state index contributed by atoms with van der Waals surface area (Å²) in [4.78, 5) is 0. The van der Waals surface area contributed by atoms with Gasteiger partial charge in [-0.2, -0.15) is 0 Å². The van der Waals surface area contributed by atoms with Crippen molar-refractivity contribution < 1.29 is 14.2 Å². The molecule has 1 unspecified atom stereocenters. The van der Waals surface area contributed by atoms with Crippen molar-refractivity contribution in [1.82, 2.24) is 0 Å². The maximum atomic E-state index is 12.7. The summed E-state index contributed by atoms with van der Waals surface area (Å²) in [5, 5.41) is 10.3. The number of rotatable bonds is 3. The topological polar surface area (TPSA) is 46.5 Å². The van der Waals surface area contributed by atoms with E-state index in [1.165, 1.54) is 7.11 Å². The van der Waals surface area contributed by atoms with Crippen molar-refractivity contribution in [3.63, 3.8) is 0 Å². The van der Waals surface area contributed by atoms with E-state index in [0.29, 0.717) is 5.56 Å². The van der Waals surface area contributed by atoms with Gasteiger partial charge >= 0.3 is 7.37 Å². The molecule has 108 valence electrons. The Hall–Kier alpha value is -1.37. The third kappa shape index (κ3) is 4.06. The van der Waals surface area contributed by atoms with Crippen LogP contribution in [-0.4, -0.2) is 12.2 Å². The van der Waals surface area contributed by atoms with Gasteiger partial charge in [0.1, 0.15) is 0 Å². The van der Waals surface area contributed by atoms with E-state index in [0.717, 1.165) is 10.0 Å². The standard InChI is InChI=1S/C16H14BrO3P/c1-20-21(19,12-11-13-5-3-2-4-6-13)16(18)14-7-9-15(17)10-8-14/h2-10,16,18H,1H3/t16?,21-/m0/s1. The molecule has 0 aliphatic heterocycles. The van der Waals surface area contributed by atoms with E-state index in [2.05, 4.69) is 27.5 Å². The van der Waals surface area contributed by atoms with E-state index in [9.17, 15) is 9.67 Å². The monoisotopic (exact) mass is 364 g/mol. The summed E-state index contributed by atoms with van der Waals surface area (Å²) >= 11 is 3.31. The van der Waals surface area contributed by atoms with Crippen molar-refractivity contribution >= 4 is 23.3 Å². The molecule has 0 saturated heterocycles. The minimum absolute atomic E-state index is 0.505. The second-order valence-electron chi connectivity index (χ2n) is 4.31. The minimum atomic E-state index is -3.51. The molecule has 5 heteroatoms. The molecule has 2 rings (SSSR count). The molecule has 0 aromatic heterocycles. The van der Waals surface area contributed by atoms with E-state index in [-0.39, 0.29) is 0 Å². The van der Waals surface area contributed by atoms with E-state index >= 15 is 0 Å². The van der Waals surface area contributed by atoms with Gasteiger partial charge < -0.3 is 9.63 Å². The van der Waals surface area contributed by atoms with Crippen LogP contribution in [0.4, 0.5) is 0 Å². The van der Waals surface area contributed by atoms with Crippen LogP contribution in [0.25, 0.3) is 0 Å². The molecule has 0 aliphatic rings. The predicted molar refractivity (Wildman–Crippen MR) is 87.0 cm³/mol. The van der Waals surface area contributed by atoms with Crippen molar-refractivity contribution in [1.29, 1.82) is 0 Å². The van der Waals surface area contributed by atoms with Gasteiger partial charge in [0.15, 0.2) is 5.85 Å². The molecule has 0 spiro atoms. The molecular formula is C16H14BrO3P. The van der Waals surface area contributed by atoms with Crippen LogP contribution < -0.4 is 0 Å². The molecule has 2 atom stereocenters. The lowest BCUT2D eigenvalue weighted by molar-refractivity contribution is 0.229. The van der Waals surface area contributed by atoms with Gasteiger partial charge in [0.2, 0.25) is 0 Å². The fourth-order valence-electron chi connectivity index (χ4n) is 1.70. The number of aliphatic hydroxyl groups excluding tert-OH is 1. The Morgan fingerprint density at radius 2 is 1.76 bits per heavy atom. The quantitative estimate of drug-likeness (QED) is 0.649. The van der Waals surface area contributed by atoms with Gasteiger partial charge in [-0.15, -0.1) is 0 Å². The van der Waals surface area contributed by atoms with Crippen LogP contribution in [0.1, 0.15) is 17.0 Å². The van der Waals surface area contributed by atoms with Gasteiger partial charge in [-0.05, 0) is 35.5 Å². The van der Waals surface area contributed by atoms with Crippen LogP contribution in [0.3, 0.4) is 0 Å². The Morgan fingerprint density at radius 3 is 2.33 bits per heavy atom. The summed E-state index contributed by atoms with van der Waals surface area (Å²) in [6.07, 6.45) is 0. The van der Waals surface area contributed by atoms with Gasteiger partial charge in [-0.25, -0.2) is 0 Å². The zero-order chi connectivity index (χ0) is 15.3. The number of hydrogen-bond donors (Lipinski definition) is 1. The highest BCUT2D eigenvalue weighted by molar-refractivity contribution is 9.10. The molecule has 2 aromatic rings. The van der Waals surface area contributed by atoms with E-state index in [4.69, 9.17) is 4.52 Å². The molecule has 0 heterocycles. The number of hydrogen-bond acceptors (Lipinski definition) is 3. The highest BCUT2D eigenvalue weighted by Crippen LogP contribution is 2.57. The highest BCUT2D eigenvalue weighted by atomic mass is 79.9. The lowest BCUT2D eigenvalue weighted by atomic mass is 10.2. The minimum Gasteiger partial charge on any atom is -0.377 e. The normalized spacial score (nSPS) is 14.6. The van der Waals surface area contributed by atoms with Gasteiger partial charge in [0, 0.05) is 17.1 Å².